The molecule has 4 rings (SSSR count). The van der Waals surface area contributed by atoms with Gasteiger partial charge in [-0.3, -0.25) is 9.48 Å². The van der Waals surface area contributed by atoms with Crippen molar-refractivity contribution in [1.82, 2.24) is 20.4 Å². The van der Waals surface area contributed by atoms with Crippen LogP contribution < -0.4 is 10.6 Å². The summed E-state index contributed by atoms with van der Waals surface area (Å²) in [7, 11) is 1.74. The Kier molecular flexibility index (Phi) is 6.15. The normalized spacial score (nSPS) is 18.7. The molecule has 1 aromatic heterocycles. The fraction of sp³-hybridized carbons (Fsp3) is 0.273. The summed E-state index contributed by atoms with van der Waals surface area (Å²) in [5.41, 5.74) is 1.79. The van der Waals surface area contributed by atoms with E-state index in [2.05, 4.69) is 31.7 Å². The number of aryl methyl sites for hydroxylation is 1. The van der Waals surface area contributed by atoms with Crippen molar-refractivity contribution < 1.29 is 18.0 Å². The van der Waals surface area contributed by atoms with E-state index in [1.165, 1.54) is 18.2 Å². The van der Waals surface area contributed by atoms with Crippen LogP contribution in [0.3, 0.4) is 0 Å². The molecule has 1 aliphatic heterocycles. The fourth-order valence-electron chi connectivity index (χ4n) is 3.98. The summed E-state index contributed by atoms with van der Waals surface area (Å²) in [6.45, 7) is 1.12. The number of nitrogens with zero attached hydrogens (tertiary/aromatic N) is 2. The quantitative estimate of drug-likeness (QED) is 0.575. The van der Waals surface area contributed by atoms with E-state index < -0.39 is 29.4 Å². The molecule has 2 N–H and O–H groups in total. The maximum atomic E-state index is 14.8. The molecule has 0 radical (unpaired) electrons. The Hall–Kier alpha value is -2.65. The summed E-state index contributed by atoms with van der Waals surface area (Å²) in [5.74, 6) is -3.27. The highest BCUT2D eigenvalue weighted by molar-refractivity contribution is 9.10. The Morgan fingerprint density at radius 2 is 1.97 bits per heavy atom. The molecule has 1 saturated heterocycles. The van der Waals surface area contributed by atoms with E-state index in [4.69, 9.17) is 0 Å². The summed E-state index contributed by atoms with van der Waals surface area (Å²) in [4.78, 5) is 12.8. The van der Waals surface area contributed by atoms with Crippen LogP contribution in [0.1, 0.15) is 28.3 Å². The number of halogens is 4. The lowest BCUT2D eigenvalue weighted by Gasteiger charge is -2.33. The molecule has 2 aromatic carbocycles. The van der Waals surface area contributed by atoms with Crippen molar-refractivity contribution in [3.63, 3.8) is 0 Å². The molecule has 0 aliphatic carbocycles. The fourth-order valence-corrected chi connectivity index (χ4v) is 4.56. The highest BCUT2D eigenvalue weighted by Gasteiger charge is 2.29. The van der Waals surface area contributed by atoms with Gasteiger partial charge in [0.1, 0.15) is 5.82 Å². The van der Waals surface area contributed by atoms with Crippen molar-refractivity contribution in [1.29, 1.82) is 0 Å². The Bertz CT molecular complexity index is 1110. The number of aromatic nitrogens is 2. The molecule has 0 saturated carbocycles. The first kappa shape index (κ1) is 21.6. The van der Waals surface area contributed by atoms with Crippen molar-refractivity contribution in [3.8, 4) is 11.3 Å². The third kappa shape index (κ3) is 4.38. The summed E-state index contributed by atoms with van der Waals surface area (Å²) in [6.07, 6.45) is 2.24. The minimum Gasteiger partial charge on any atom is -0.347 e. The Balaban J connectivity index is 1.55. The summed E-state index contributed by atoms with van der Waals surface area (Å²) >= 11 is 3.39. The van der Waals surface area contributed by atoms with Crippen LogP contribution in [0.2, 0.25) is 0 Å². The molecule has 31 heavy (non-hydrogen) atoms. The van der Waals surface area contributed by atoms with Crippen molar-refractivity contribution in [2.45, 2.75) is 18.4 Å². The molecule has 162 valence electrons. The van der Waals surface area contributed by atoms with Gasteiger partial charge in [0.05, 0.1) is 21.9 Å². The smallest absolute Gasteiger partial charge is 0.254 e. The van der Waals surface area contributed by atoms with Gasteiger partial charge in [0.25, 0.3) is 5.91 Å². The molecule has 5 nitrogen and oxygen atoms in total. The van der Waals surface area contributed by atoms with Crippen LogP contribution in [-0.4, -0.2) is 34.8 Å². The van der Waals surface area contributed by atoms with E-state index in [0.29, 0.717) is 40.8 Å². The number of hydrogen-bond acceptors (Lipinski definition) is 3. The lowest BCUT2D eigenvalue weighted by molar-refractivity contribution is 0.0920. The van der Waals surface area contributed by atoms with Gasteiger partial charge in [0, 0.05) is 31.1 Å². The minimum absolute atomic E-state index is 0.0864. The average Bonchev–Trinajstić information content (AvgIpc) is 3.08. The van der Waals surface area contributed by atoms with Crippen LogP contribution in [0.15, 0.2) is 47.1 Å². The van der Waals surface area contributed by atoms with Gasteiger partial charge in [-0.2, -0.15) is 5.10 Å². The molecule has 0 spiro atoms. The van der Waals surface area contributed by atoms with E-state index in [1.54, 1.807) is 24.0 Å². The molecule has 2 atom stereocenters. The highest BCUT2D eigenvalue weighted by atomic mass is 79.9. The number of amides is 1. The Labute approximate surface area is 185 Å². The maximum absolute atomic E-state index is 14.8. The van der Waals surface area contributed by atoms with Crippen molar-refractivity contribution >= 4 is 21.8 Å². The molecule has 9 heteroatoms. The summed E-state index contributed by atoms with van der Waals surface area (Å²) in [6, 6.07) is 7.76. The first-order valence-electron chi connectivity index (χ1n) is 9.79. The van der Waals surface area contributed by atoms with Gasteiger partial charge >= 0.3 is 0 Å². The monoisotopic (exact) mass is 492 g/mol. The first-order chi connectivity index (χ1) is 14.8. The van der Waals surface area contributed by atoms with E-state index in [9.17, 15) is 18.0 Å². The second-order valence-corrected chi connectivity index (χ2v) is 8.37. The number of hydrogen-bond donors (Lipinski definition) is 2. The molecule has 1 fully saturated rings. The van der Waals surface area contributed by atoms with Crippen LogP contribution in [0.5, 0.6) is 0 Å². The van der Waals surface area contributed by atoms with Gasteiger partial charge in [-0.05, 0) is 58.7 Å². The average molecular weight is 493 g/mol. The van der Waals surface area contributed by atoms with E-state index in [0.717, 1.165) is 12.1 Å². The predicted octanol–water partition coefficient (Wildman–Crippen LogP) is 4.14. The van der Waals surface area contributed by atoms with Gasteiger partial charge in [-0.1, -0.05) is 12.1 Å². The number of carbonyl (C=O) groups excluding carboxylic acids is 1. The molecule has 0 unspecified atom stereocenters. The largest absolute Gasteiger partial charge is 0.347 e. The van der Waals surface area contributed by atoms with Crippen LogP contribution in [0, 0.1) is 17.5 Å². The van der Waals surface area contributed by atoms with Crippen molar-refractivity contribution in [2.75, 3.05) is 13.1 Å². The molecular weight excluding hydrogens is 473 g/mol. The number of benzene rings is 2. The van der Waals surface area contributed by atoms with Crippen molar-refractivity contribution in [3.05, 3.63) is 75.6 Å². The zero-order valence-electron chi connectivity index (χ0n) is 16.6. The molecular formula is C22H20BrF3N4O. The third-order valence-electron chi connectivity index (χ3n) is 5.55. The number of nitrogens with one attached hydrogen (secondary N) is 2. The molecule has 3 aromatic rings. The SMILES string of the molecule is Cn1ncc(Br)c1-c1ccc(C(=O)N[C@@H]2CNCC[C@H]2c2ccc(F)c(F)c2)c(F)c1. The van der Waals surface area contributed by atoms with Crippen molar-refractivity contribution in [2.24, 2.45) is 7.05 Å². The molecule has 1 amide bonds. The van der Waals surface area contributed by atoms with Gasteiger partial charge in [0.2, 0.25) is 0 Å². The van der Waals surface area contributed by atoms with Gasteiger partial charge in [-0.15, -0.1) is 0 Å². The van der Waals surface area contributed by atoms with Crippen LogP contribution in [0.25, 0.3) is 11.3 Å². The lowest BCUT2D eigenvalue weighted by atomic mass is 9.85. The van der Waals surface area contributed by atoms with Crippen LogP contribution in [-0.2, 0) is 7.05 Å². The molecule has 1 aliphatic rings. The topological polar surface area (TPSA) is 59.0 Å². The predicted molar refractivity (Wildman–Crippen MR) is 114 cm³/mol. The van der Waals surface area contributed by atoms with Gasteiger partial charge in [-0.25, -0.2) is 13.2 Å². The standard InChI is InChI=1S/C22H20BrF3N4O/c1-30-21(16(23)10-28-30)13-2-4-15(18(25)9-13)22(31)29-20-11-27-7-6-14(20)12-3-5-17(24)19(26)8-12/h2-5,8-10,14,20,27H,6-7,11H2,1H3,(H,29,31)/t14-,20+/m0/s1. The third-order valence-corrected chi connectivity index (χ3v) is 6.13. The molecule has 0 bridgehead atoms. The van der Waals surface area contributed by atoms with Gasteiger partial charge in [0.15, 0.2) is 11.6 Å². The van der Waals surface area contributed by atoms with E-state index in [1.807, 2.05) is 0 Å². The first-order valence-corrected chi connectivity index (χ1v) is 10.6. The second-order valence-electron chi connectivity index (χ2n) is 7.51. The summed E-state index contributed by atoms with van der Waals surface area (Å²) < 4.78 is 44.2. The Morgan fingerprint density at radius 3 is 2.65 bits per heavy atom. The zero-order chi connectivity index (χ0) is 22.1. The zero-order valence-corrected chi connectivity index (χ0v) is 18.2. The number of piperidine rings is 1. The number of rotatable bonds is 4. The van der Waals surface area contributed by atoms with Gasteiger partial charge < -0.3 is 10.6 Å². The second kappa shape index (κ2) is 8.84. The maximum Gasteiger partial charge on any atom is 0.254 e. The van der Waals surface area contributed by atoms with E-state index >= 15 is 0 Å². The minimum atomic E-state index is -0.927. The van der Waals surface area contributed by atoms with Crippen LogP contribution >= 0.6 is 15.9 Å². The Morgan fingerprint density at radius 1 is 1.16 bits per heavy atom. The van der Waals surface area contributed by atoms with E-state index in [-0.39, 0.29) is 11.5 Å². The molecule has 2 heterocycles. The lowest BCUT2D eigenvalue weighted by Crippen LogP contribution is -2.50. The van der Waals surface area contributed by atoms with Crippen LogP contribution in [0.4, 0.5) is 13.2 Å². The number of carbonyl (C=O) groups is 1. The summed E-state index contributed by atoms with van der Waals surface area (Å²) in [5, 5.41) is 10.1. The highest BCUT2D eigenvalue weighted by Crippen LogP contribution is 2.30.